The second-order valence-corrected chi connectivity index (χ2v) is 8.76. The number of hydrogen-bond acceptors (Lipinski definition) is 4. The van der Waals surface area contributed by atoms with Gasteiger partial charge in [0.2, 0.25) is 5.91 Å². The Morgan fingerprint density at radius 3 is 2.78 bits per heavy atom. The first-order chi connectivity index (χ1) is 13.2. The number of aromatic nitrogens is 4. The van der Waals surface area contributed by atoms with Gasteiger partial charge in [0.25, 0.3) is 0 Å². The van der Waals surface area contributed by atoms with Crippen molar-refractivity contribution in [1.29, 1.82) is 0 Å². The molecule has 0 radical (unpaired) electrons. The average molecular weight is 382 g/mol. The fourth-order valence-corrected chi connectivity index (χ4v) is 4.87. The molecule has 3 aromatic rings. The molecule has 140 valence electrons. The number of carbonyl (C=O) groups is 1. The minimum Gasteiger partial charge on any atom is -0.360 e. The van der Waals surface area contributed by atoms with Gasteiger partial charge in [0, 0.05) is 41.8 Å². The molecule has 2 aliphatic rings. The SMILES string of the molecule is C[C@@H](Sc1nnc(-c2c[nH]c3ccccc23)n1C1CC1)C(=O)N1CCCC1. The molecule has 7 heteroatoms. The van der Waals surface area contributed by atoms with Gasteiger partial charge in [-0.1, -0.05) is 30.0 Å². The van der Waals surface area contributed by atoms with E-state index in [1.807, 2.05) is 30.2 Å². The lowest BCUT2D eigenvalue weighted by molar-refractivity contribution is -0.129. The predicted octanol–water partition coefficient (Wildman–Crippen LogP) is 3.86. The molecular formula is C20H23N5OS. The first-order valence-corrected chi connectivity index (χ1v) is 10.6. The summed E-state index contributed by atoms with van der Waals surface area (Å²) in [5, 5.41) is 10.9. The molecule has 1 amide bonds. The number of benzene rings is 1. The molecule has 0 spiro atoms. The van der Waals surface area contributed by atoms with E-state index in [0.717, 1.165) is 66.2 Å². The molecule has 1 aromatic carbocycles. The fourth-order valence-electron chi connectivity index (χ4n) is 3.86. The van der Waals surface area contributed by atoms with E-state index in [2.05, 4.69) is 31.9 Å². The van der Waals surface area contributed by atoms with E-state index in [1.165, 1.54) is 0 Å². The summed E-state index contributed by atoms with van der Waals surface area (Å²) in [5.74, 6) is 1.12. The number of aromatic amines is 1. The minimum absolute atomic E-state index is 0.138. The first kappa shape index (κ1) is 16.9. The molecule has 2 fully saturated rings. The topological polar surface area (TPSA) is 66.8 Å². The van der Waals surface area contributed by atoms with Gasteiger partial charge in [-0.25, -0.2) is 0 Å². The van der Waals surface area contributed by atoms with Gasteiger partial charge in [-0.3, -0.25) is 9.36 Å². The van der Waals surface area contributed by atoms with Crippen LogP contribution in [-0.2, 0) is 4.79 Å². The number of rotatable bonds is 5. The molecule has 0 bridgehead atoms. The maximum absolute atomic E-state index is 12.7. The fraction of sp³-hybridized carbons (Fsp3) is 0.450. The zero-order valence-electron chi connectivity index (χ0n) is 15.4. The molecule has 3 heterocycles. The van der Waals surface area contributed by atoms with Crippen molar-refractivity contribution in [3.8, 4) is 11.4 Å². The number of nitrogens with zero attached hydrogens (tertiary/aromatic N) is 4. The van der Waals surface area contributed by atoms with Gasteiger partial charge in [-0.2, -0.15) is 0 Å². The molecule has 1 aliphatic heterocycles. The second-order valence-electron chi connectivity index (χ2n) is 7.45. The Morgan fingerprint density at radius 1 is 1.22 bits per heavy atom. The molecule has 1 aliphatic carbocycles. The Kier molecular flexibility index (Phi) is 4.19. The van der Waals surface area contributed by atoms with Crippen molar-refractivity contribution < 1.29 is 4.79 Å². The van der Waals surface area contributed by atoms with Crippen LogP contribution in [0.25, 0.3) is 22.3 Å². The summed E-state index contributed by atoms with van der Waals surface area (Å²) in [5.41, 5.74) is 2.18. The molecule has 1 saturated heterocycles. The lowest BCUT2D eigenvalue weighted by Gasteiger charge is -2.19. The summed E-state index contributed by atoms with van der Waals surface area (Å²) < 4.78 is 2.24. The zero-order valence-corrected chi connectivity index (χ0v) is 16.2. The molecule has 5 rings (SSSR count). The Hall–Kier alpha value is -2.28. The van der Waals surface area contributed by atoms with Gasteiger partial charge >= 0.3 is 0 Å². The maximum atomic E-state index is 12.7. The summed E-state index contributed by atoms with van der Waals surface area (Å²) in [7, 11) is 0. The molecular weight excluding hydrogens is 358 g/mol. The molecule has 2 aromatic heterocycles. The monoisotopic (exact) mass is 381 g/mol. The van der Waals surface area contributed by atoms with Crippen LogP contribution >= 0.6 is 11.8 Å². The van der Waals surface area contributed by atoms with Gasteiger partial charge in [0.1, 0.15) is 0 Å². The summed E-state index contributed by atoms with van der Waals surface area (Å²) in [6.07, 6.45) is 6.55. The van der Waals surface area contributed by atoms with Crippen LogP contribution in [0.1, 0.15) is 38.6 Å². The van der Waals surface area contributed by atoms with Gasteiger partial charge in [-0.05, 0) is 38.7 Å². The second kappa shape index (κ2) is 6.71. The van der Waals surface area contributed by atoms with E-state index in [0.29, 0.717) is 6.04 Å². The summed E-state index contributed by atoms with van der Waals surface area (Å²) in [6.45, 7) is 3.77. The van der Waals surface area contributed by atoms with E-state index >= 15 is 0 Å². The molecule has 1 saturated carbocycles. The Morgan fingerprint density at radius 2 is 2.00 bits per heavy atom. The largest absolute Gasteiger partial charge is 0.360 e. The third-order valence-corrected chi connectivity index (χ3v) is 6.50. The lowest BCUT2D eigenvalue weighted by Crippen LogP contribution is -2.34. The van der Waals surface area contributed by atoms with Crippen LogP contribution in [-0.4, -0.2) is 48.9 Å². The average Bonchev–Trinajstić information content (AvgIpc) is 3.11. The maximum Gasteiger partial charge on any atom is 0.235 e. The highest BCUT2D eigenvalue weighted by atomic mass is 32.2. The van der Waals surface area contributed by atoms with Crippen LogP contribution in [0.15, 0.2) is 35.6 Å². The van der Waals surface area contributed by atoms with Crippen LogP contribution in [0.5, 0.6) is 0 Å². The van der Waals surface area contributed by atoms with Crippen LogP contribution in [0, 0.1) is 0 Å². The number of hydrogen-bond donors (Lipinski definition) is 1. The molecule has 6 nitrogen and oxygen atoms in total. The number of thioether (sulfide) groups is 1. The zero-order chi connectivity index (χ0) is 18.4. The third-order valence-electron chi connectivity index (χ3n) is 5.45. The van der Waals surface area contributed by atoms with Gasteiger partial charge in [-0.15, -0.1) is 10.2 Å². The number of fused-ring (bicyclic) bond motifs is 1. The number of carbonyl (C=O) groups excluding carboxylic acids is 1. The van der Waals surface area contributed by atoms with E-state index in [1.54, 1.807) is 11.8 Å². The van der Waals surface area contributed by atoms with Crippen molar-refractivity contribution in [2.45, 2.75) is 49.1 Å². The quantitative estimate of drug-likeness (QED) is 0.682. The van der Waals surface area contributed by atoms with Crippen molar-refractivity contribution in [3.63, 3.8) is 0 Å². The minimum atomic E-state index is -0.138. The molecule has 0 unspecified atom stereocenters. The van der Waals surface area contributed by atoms with Crippen molar-refractivity contribution in [2.24, 2.45) is 0 Å². The highest BCUT2D eigenvalue weighted by Crippen LogP contribution is 2.43. The van der Waals surface area contributed by atoms with E-state index in [9.17, 15) is 4.79 Å². The highest BCUT2D eigenvalue weighted by molar-refractivity contribution is 8.00. The van der Waals surface area contributed by atoms with E-state index in [4.69, 9.17) is 0 Å². The lowest BCUT2D eigenvalue weighted by atomic mass is 10.1. The van der Waals surface area contributed by atoms with E-state index in [-0.39, 0.29) is 11.2 Å². The number of H-pyrrole nitrogens is 1. The van der Waals surface area contributed by atoms with Crippen molar-refractivity contribution >= 4 is 28.6 Å². The Bertz CT molecular complexity index is 983. The number of likely N-dealkylation sites (tertiary alicyclic amines) is 1. The predicted molar refractivity (Wildman–Crippen MR) is 107 cm³/mol. The van der Waals surface area contributed by atoms with Crippen LogP contribution in [0.2, 0.25) is 0 Å². The van der Waals surface area contributed by atoms with Crippen LogP contribution < -0.4 is 0 Å². The number of amides is 1. The highest BCUT2D eigenvalue weighted by Gasteiger charge is 2.33. The third kappa shape index (κ3) is 3.04. The molecule has 27 heavy (non-hydrogen) atoms. The molecule has 1 atom stereocenters. The van der Waals surface area contributed by atoms with Crippen LogP contribution in [0.3, 0.4) is 0 Å². The standard InChI is InChI=1S/C20H23N5OS/c1-13(19(26)24-10-4-5-11-24)27-20-23-22-18(25(20)14-8-9-14)16-12-21-17-7-3-2-6-15(16)17/h2-3,6-7,12-14,21H,4-5,8-11H2,1H3/t13-/m1/s1. The van der Waals surface area contributed by atoms with E-state index < -0.39 is 0 Å². The first-order valence-electron chi connectivity index (χ1n) is 9.69. The van der Waals surface area contributed by atoms with Crippen LogP contribution in [0.4, 0.5) is 0 Å². The number of para-hydroxylation sites is 1. The van der Waals surface area contributed by atoms with Gasteiger partial charge < -0.3 is 9.88 Å². The Labute approximate surface area is 162 Å². The van der Waals surface area contributed by atoms with Crippen molar-refractivity contribution in [3.05, 3.63) is 30.5 Å². The Balaban J connectivity index is 1.47. The van der Waals surface area contributed by atoms with Gasteiger partial charge in [0.05, 0.1) is 5.25 Å². The normalized spacial score (nSPS) is 18.3. The van der Waals surface area contributed by atoms with Gasteiger partial charge in [0.15, 0.2) is 11.0 Å². The summed E-state index contributed by atoms with van der Waals surface area (Å²) in [4.78, 5) is 18.0. The smallest absolute Gasteiger partial charge is 0.235 e. The summed E-state index contributed by atoms with van der Waals surface area (Å²) >= 11 is 1.54. The van der Waals surface area contributed by atoms with Crippen molar-refractivity contribution in [1.82, 2.24) is 24.6 Å². The molecule has 1 N–H and O–H groups in total. The van der Waals surface area contributed by atoms with Crippen molar-refractivity contribution in [2.75, 3.05) is 13.1 Å². The number of nitrogens with one attached hydrogen (secondary N) is 1. The summed E-state index contributed by atoms with van der Waals surface area (Å²) in [6, 6.07) is 8.70.